The second-order valence-electron chi connectivity index (χ2n) is 10.8. The normalized spacial score (nSPS) is 39.3. The van der Waals surface area contributed by atoms with Gasteiger partial charge in [0, 0.05) is 11.8 Å². The van der Waals surface area contributed by atoms with Gasteiger partial charge in [-0.2, -0.15) is 0 Å². The molecule has 2 aliphatic carbocycles. The lowest BCUT2D eigenvalue weighted by molar-refractivity contribution is -0.364. The molecule has 4 heterocycles. The third-order valence-electron chi connectivity index (χ3n) is 8.51. The summed E-state index contributed by atoms with van der Waals surface area (Å²) in [6.07, 6.45) is -4.35. The highest BCUT2D eigenvalue weighted by atomic mass is 16.8. The van der Waals surface area contributed by atoms with Crippen molar-refractivity contribution in [1.82, 2.24) is 0 Å². The molecule has 2 N–H and O–H groups in total. The van der Waals surface area contributed by atoms with Crippen LogP contribution in [0.5, 0.6) is 11.5 Å². The molecule has 10 atom stereocenters. The van der Waals surface area contributed by atoms with Crippen LogP contribution < -0.4 is 9.47 Å². The van der Waals surface area contributed by atoms with Crippen molar-refractivity contribution in [3.8, 4) is 11.5 Å². The van der Waals surface area contributed by atoms with Gasteiger partial charge in [-0.3, -0.25) is 14.4 Å². The summed E-state index contributed by atoms with van der Waals surface area (Å²) in [5.74, 6) is -3.43. The maximum absolute atomic E-state index is 13.3. The first kappa shape index (κ1) is 26.6. The fourth-order valence-corrected chi connectivity index (χ4v) is 6.57. The number of carbonyl (C=O) groups is 3. The molecule has 0 amide bonds. The average molecular weight is 573 g/mol. The van der Waals surface area contributed by atoms with Crippen LogP contribution in [-0.2, 0) is 42.8 Å². The van der Waals surface area contributed by atoms with Crippen LogP contribution in [0.1, 0.15) is 30.1 Å². The number of Topliss-reactive ketones (excluding diaryl/α,β-unsaturated/α-hetero) is 1. The van der Waals surface area contributed by atoms with E-state index in [1.807, 2.05) is 0 Å². The minimum atomic E-state index is -1.47. The van der Waals surface area contributed by atoms with E-state index >= 15 is 0 Å². The molecule has 0 unspecified atom stereocenters. The molecule has 0 saturated carbocycles. The maximum atomic E-state index is 13.3. The van der Waals surface area contributed by atoms with E-state index < -0.39 is 78.4 Å². The third-order valence-corrected chi connectivity index (χ3v) is 8.51. The zero-order valence-electron chi connectivity index (χ0n) is 22.1. The Balaban J connectivity index is 1.30. The summed E-state index contributed by atoms with van der Waals surface area (Å²) < 4.78 is 45.5. The lowest BCUT2D eigenvalue weighted by atomic mass is 9.65. The van der Waals surface area contributed by atoms with Gasteiger partial charge in [0.15, 0.2) is 29.8 Å². The summed E-state index contributed by atoms with van der Waals surface area (Å²) in [6.45, 7) is 1.79. The van der Waals surface area contributed by atoms with Crippen molar-refractivity contribution in [2.75, 3.05) is 27.1 Å². The standard InChI is InChI=1S/C28H28O13/c1-10-35-8-19-26(39-10)23(31)24(32)28(40-19)41-25-13-6-17-16(37-9-38-17)5-12(13)20(21-14(25)7-36-27(21)33)11-3-15(29)22(30)18(4-11)34-2/h3-6,10,14,19-21,23-26,28,31-32H,7-9H2,1-2H3/t10-,14+,19-,20-,21+,23-,24-,25-,26-,28+/m1/s1. The maximum Gasteiger partial charge on any atom is 0.310 e. The van der Waals surface area contributed by atoms with Gasteiger partial charge in [-0.25, -0.2) is 0 Å². The number of aliphatic hydroxyl groups excluding tert-OH is 2. The summed E-state index contributed by atoms with van der Waals surface area (Å²) >= 11 is 0. The van der Waals surface area contributed by atoms with Crippen molar-refractivity contribution in [1.29, 1.82) is 0 Å². The van der Waals surface area contributed by atoms with Crippen LogP contribution >= 0.6 is 0 Å². The number of ketones is 2. The van der Waals surface area contributed by atoms with Crippen molar-refractivity contribution in [3.05, 3.63) is 46.7 Å². The van der Waals surface area contributed by atoms with Gasteiger partial charge in [0.2, 0.25) is 12.6 Å². The van der Waals surface area contributed by atoms with E-state index in [1.54, 1.807) is 19.1 Å². The van der Waals surface area contributed by atoms with Crippen molar-refractivity contribution < 1.29 is 62.5 Å². The van der Waals surface area contributed by atoms with Crippen molar-refractivity contribution >= 4 is 17.5 Å². The molecule has 218 valence electrons. The Hall–Kier alpha value is -3.33. The number of hydrogen-bond acceptors (Lipinski definition) is 13. The fraction of sp³-hybridized carbons (Fsp3) is 0.536. The Morgan fingerprint density at radius 1 is 0.927 bits per heavy atom. The van der Waals surface area contributed by atoms with Crippen molar-refractivity contribution in [2.45, 2.75) is 55.9 Å². The molecule has 0 radical (unpaired) electrons. The number of ether oxygens (including phenoxy) is 8. The number of methoxy groups -OCH3 is 1. The number of allylic oxidation sites excluding steroid dienone is 4. The smallest absolute Gasteiger partial charge is 0.310 e. The second-order valence-corrected chi connectivity index (χ2v) is 10.8. The lowest BCUT2D eigenvalue weighted by Gasteiger charge is -2.47. The third kappa shape index (κ3) is 4.18. The topological polar surface area (TPSA) is 166 Å². The Morgan fingerprint density at radius 3 is 2.44 bits per heavy atom. The van der Waals surface area contributed by atoms with E-state index in [0.29, 0.717) is 28.2 Å². The van der Waals surface area contributed by atoms with Gasteiger partial charge in [-0.15, -0.1) is 0 Å². The molecular weight excluding hydrogens is 544 g/mol. The van der Waals surface area contributed by atoms with Gasteiger partial charge in [0.1, 0.15) is 24.4 Å². The molecule has 3 saturated heterocycles. The molecule has 1 aromatic carbocycles. The van der Waals surface area contributed by atoms with Crippen LogP contribution in [0.2, 0.25) is 0 Å². The van der Waals surface area contributed by atoms with E-state index in [-0.39, 0.29) is 25.8 Å². The van der Waals surface area contributed by atoms with Crippen LogP contribution in [0.3, 0.4) is 0 Å². The molecule has 0 aromatic heterocycles. The zero-order chi connectivity index (χ0) is 28.6. The summed E-state index contributed by atoms with van der Waals surface area (Å²) in [7, 11) is 1.29. The summed E-state index contributed by atoms with van der Waals surface area (Å²) in [5, 5.41) is 21.8. The van der Waals surface area contributed by atoms with Gasteiger partial charge in [-0.1, -0.05) is 0 Å². The quantitative estimate of drug-likeness (QED) is 0.285. The van der Waals surface area contributed by atoms with E-state index in [9.17, 15) is 24.6 Å². The van der Waals surface area contributed by atoms with Gasteiger partial charge in [-0.05, 0) is 47.9 Å². The first-order valence-electron chi connectivity index (χ1n) is 13.3. The fourth-order valence-electron chi connectivity index (χ4n) is 6.57. The number of hydrogen-bond donors (Lipinski definition) is 2. The largest absolute Gasteiger partial charge is 0.492 e. The molecule has 13 nitrogen and oxygen atoms in total. The van der Waals surface area contributed by atoms with Crippen LogP contribution in [0.25, 0.3) is 0 Å². The van der Waals surface area contributed by atoms with E-state index in [1.165, 1.54) is 19.3 Å². The minimum Gasteiger partial charge on any atom is -0.492 e. The summed E-state index contributed by atoms with van der Waals surface area (Å²) in [5.41, 5.74) is 1.58. The van der Waals surface area contributed by atoms with Gasteiger partial charge in [0.05, 0.1) is 32.3 Å². The molecule has 7 rings (SSSR count). The van der Waals surface area contributed by atoms with Gasteiger partial charge >= 0.3 is 5.97 Å². The Bertz CT molecular complexity index is 1360. The monoisotopic (exact) mass is 572 g/mol. The van der Waals surface area contributed by atoms with Gasteiger partial charge in [0.25, 0.3) is 5.78 Å². The first-order valence-corrected chi connectivity index (χ1v) is 13.3. The molecule has 0 spiro atoms. The van der Waals surface area contributed by atoms with Crippen LogP contribution in [0.15, 0.2) is 35.6 Å². The second kappa shape index (κ2) is 9.89. The Labute approximate surface area is 233 Å². The minimum absolute atomic E-state index is 0.00907. The predicted molar refractivity (Wildman–Crippen MR) is 131 cm³/mol. The van der Waals surface area contributed by atoms with Crippen LogP contribution in [0, 0.1) is 11.8 Å². The SMILES string of the molecule is COC1=CC([C@@H]2c3cc4c(cc3[C@@H](O[C@@H]3O[C@@H]5CO[C@@H](C)O[C@H]5[C@H](O)[C@H]3O)[C@H]3COC(=O)[C@@H]32)OCO4)=CC(=O)C1=O. The van der Waals surface area contributed by atoms with Crippen LogP contribution in [0.4, 0.5) is 0 Å². The molecule has 41 heavy (non-hydrogen) atoms. The zero-order valence-corrected chi connectivity index (χ0v) is 22.1. The number of carbonyl (C=O) groups excluding carboxylic acids is 3. The Morgan fingerprint density at radius 2 is 1.68 bits per heavy atom. The van der Waals surface area contributed by atoms with E-state index in [0.717, 1.165) is 0 Å². The molecule has 6 aliphatic rings. The molecule has 3 fully saturated rings. The predicted octanol–water partition coefficient (Wildman–Crippen LogP) is 0.176. The molecule has 4 aliphatic heterocycles. The molecular formula is C28H28O13. The van der Waals surface area contributed by atoms with E-state index in [2.05, 4.69) is 0 Å². The van der Waals surface area contributed by atoms with Crippen molar-refractivity contribution in [2.24, 2.45) is 11.8 Å². The van der Waals surface area contributed by atoms with Crippen LogP contribution in [-0.4, -0.2) is 91.9 Å². The number of cyclic esters (lactones) is 1. The summed E-state index contributed by atoms with van der Waals surface area (Å²) in [6, 6.07) is 3.45. The highest BCUT2D eigenvalue weighted by Crippen LogP contribution is 2.56. The average Bonchev–Trinajstić information content (AvgIpc) is 3.58. The molecule has 13 heteroatoms. The van der Waals surface area contributed by atoms with Gasteiger partial charge < -0.3 is 48.1 Å². The van der Waals surface area contributed by atoms with E-state index in [4.69, 9.17) is 37.9 Å². The highest BCUT2D eigenvalue weighted by Gasteiger charge is 2.56. The molecule has 0 bridgehead atoms. The first-order chi connectivity index (χ1) is 19.7. The van der Waals surface area contributed by atoms with Crippen molar-refractivity contribution in [3.63, 3.8) is 0 Å². The number of aliphatic hydroxyl groups is 2. The number of rotatable bonds is 4. The molecule has 1 aromatic rings. The summed E-state index contributed by atoms with van der Waals surface area (Å²) in [4.78, 5) is 38.2. The number of fused-ring (bicyclic) bond motifs is 4. The lowest BCUT2D eigenvalue weighted by Crippen LogP contribution is -2.63. The number of esters is 1. The number of benzene rings is 1. The highest BCUT2D eigenvalue weighted by molar-refractivity contribution is 6.47. The Kier molecular flexibility index (Phi) is 6.41.